The second-order valence-corrected chi connectivity index (χ2v) is 6.07. The van der Waals surface area contributed by atoms with Crippen molar-refractivity contribution >= 4 is 0 Å². The van der Waals surface area contributed by atoms with E-state index in [2.05, 4.69) is 13.0 Å². The molecule has 2 aliphatic rings. The minimum Gasteiger partial charge on any atom is -0.299 e. The van der Waals surface area contributed by atoms with Crippen molar-refractivity contribution in [1.29, 1.82) is 5.26 Å². The molecule has 1 saturated carbocycles. The number of likely N-dealkylation sites (tertiary alicyclic amines) is 1. The quantitative estimate of drug-likeness (QED) is 0.761. The Hall–Kier alpha value is -0.760. The molecule has 0 bridgehead atoms. The van der Waals surface area contributed by atoms with Crippen LogP contribution in [0.3, 0.4) is 0 Å². The van der Waals surface area contributed by atoms with Gasteiger partial charge in [0.05, 0.1) is 12.0 Å². The molecule has 1 aliphatic heterocycles. The van der Waals surface area contributed by atoms with E-state index in [0.717, 1.165) is 25.7 Å². The van der Waals surface area contributed by atoms with E-state index >= 15 is 0 Å². The summed E-state index contributed by atoms with van der Waals surface area (Å²) >= 11 is 0. The molecule has 2 nitrogen and oxygen atoms in total. The summed E-state index contributed by atoms with van der Waals surface area (Å²) < 4.78 is 37.2. The highest BCUT2D eigenvalue weighted by Crippen LogP contribution is 2.43. The molecule has 0 N–H and O–H groups in total. The van der Waals surface area contributed by atoms with Gasteiger partial charge in [-0.2, -0.15) is 18.4 Å². The van der Waals surface area contributed by atoms with Gasteiger partial charge in [0.1, 0.15) is 0 Å². The van der Waals surface area contributed by atoms with Gasteiger partial charge in [-0.25, -0.2) is 0 Å². The highest BCUT2D eigenvalue weighted by Gasteiger charge is 2.49. The average Bonchev–Trinajstić information content (AvgIpc) is 2.17. The molecule has 0 amide bonds. The molecular weight excluding hydrogens is 241 g/mol. The lowest BCUT2D eigenvalue weighted by Gasteiger charge is -2.48. The Morgan fingerprint density at radius 3 is 2.28 bits per heavy atom. The van der Waals surface area contributed by atoms with E-state index in [1.54, 1.807) is 0 Å². The highest BCUT2D eigenvalue weighted by molar-refractivity contribution is 4.95. The van der Waals surface area contributed by atoms with Crippen LogP contribution in [0, 0.1) is 22.7 Å². The second-order valence-electron chi connectivity index (χ2n) is 6.07. The maximum atomic E-state index is 12.4. The molecule has 0 aromatic carbocycles. The third-order valence-corrected chi connectivity index (χ3v) is 4.56. The van der Waals surface area contributed by atoms with Gasteiger partial charge in [0, 0.05) is 25.6 Å². The minimum atomic E-state index is -4.03. The van der Waals surface area contributed by atoms with E-state index in [0.29, 0.717) is 12.5 Å². The number of rotatable bonds is 2. The van der Waals surface area contributed by atoms with Crippen molar-refractivity contribution in [3.8, 4) is 6.07 Å². The summed E-state index contributed by atoms with van der Waals surface area (Å²) in [4.78, 5) is 1.96. The Balaban J connectivity index is 1.78. The fourth-order valence-corrected chi connectivity index (χ4v) is 3.05. The third-order valence-electron chi connectivity index (χ3n) is 4.56. The standard InChI is InChI=1S/C13H19F3N2/c1-12(6-7-17)4-2-11(3-5-12)18-8-10(9-18)13(14,15)16/h10-11H,2-6,8-9H2,1H3/t11-,12-. The third kappa shape index (κ3) is 2.80. The maximum absolute atomic E-state index is 12.4. The second kappa shape index (κ2) is 4.73. The summed E-state index contributed by atoms with van der Waals surface area (Å²) in [5, 5.41) is 8.75. The largest absolute Gasteiger partial charge is 0.394 e. The average molecular weight is 260 g/mol. The molecule has 0 spiro atoms. The molecule has 102 valence electrons. The Morgan fingerprint density at radius 1 is 1.28 bits per heavy atom. The van der Waals surface area contributed by atoms with Gasteiger partial charge in [-0.1, -0.05) is 6.92 Å². The number of nitrogens with zero attached hydrogens (tertiary/aromatic N) is 2. The zero-order valence-corrected chi connectivity index (χ0v) is 10.6. The number of hydrogen-bond acceptors (Lipinski definition) is 2. The monoisotopic (exact) mass is 260 g/mol. The van der Waals surface area contributed by atoms with Gasteiger partial charge >= 0.3 is 6.18 Å². The Labute approximate surface area is 106 Å². The molecule has 5 heteroatoms. The van der Waals surface area contributed by atoms with Crippen LogP contribution < -0.4 is 0 Å². The summed E-state index contributed by atoms with van der Waals surface area (Å²) in [5.74, 6) is -1.12. The van der Waals surface area contributed by atoms with E-state index in [4.69, 9.17) is 5.26 Å². The molecule has 18 heavy (non-hydrogen) atoms. The van der Waals surface area contributed by atoms with Crippen LogP contribution in [0.5, 0.6) is 0 Å². The summed E-state index contributed by atoms with van der Waals surface area (Å²) in [5.41, 5.74) is 0.0829. The van der Waals surface area contributed by atoms with Crippen molar-refractivity contribution in [2.75, 3.05) is 13.1 Å². The van der Waals surface area contributed by atoms with Gasteiger partial charge in [0.15, 0.2) is 0 Å². The molecule has 1 aliphatic carbocycles. The normalized spacial score (nSPS) is 34.9. The van der Waals surface area contributed by atoms with Crippen molar-refractivity contribution < 1.29 is 13.2 Å². The van der Waals surface area contributed by atoms with Crippen LogP contribution in [0.2, 0.25) is 0 Å². The van der Waals surface area contributed by atoms with Crippen molar-refractivity contribution in [3.63, 3.8) is 0 Å². The first-order valence-electron chi connectivity index (χ1n) is 6.52. The molecule has 2 rings (SSSR count). The van der Waals surface area contributed by atoms with E-state index < -0.39 is 12.1 Å². The van der Waals surface area contributed by atoms with Crippen LogP contribution in [0.1, 0.15) is 39.0 Å². The predicted octanol–water partition coefficient (Wildman–Crippen LogP) is 3.34. The Bertz CT molecular complexity index is 331. The lowest BCUT2D eigenvalue weighted by Crippen LogP contribution is -2.57. The number of nitriles is 1. The molecule has 0 aromatic rings. The van der Waals surface area contributed by atoms with Gasteiger partial charge in [-0.05, 0) is 31.1 Å². The van der Waals surface area contributed by atoms with Crippen LogP contribution >= 0.6 is 0 Å². The lowest BCUT2D eigenvalue weighted by molar-refractivity contribution is -0.215. The van der Waals surface area contributed by atoms with E-state index in [1.807, 2.05) is 4.90 Å². The fourth-order valence-electron chi connectivity index (χ4n) is 3.05. The van der Waals surface area contributed by atoms with Crippen LogP contribution in [0.15, 0.2) is 0 Å². The summed E-state index contributed by atoms with van der Waals surface area (Å²) in [6, 6.07) is 2.52. The zero-order valence-electron chi connectivity index (χ0n) is 10.6. The van der Waals surface area contributed by atoms with Crippen molar-refractivity contribution in [2.45, 2.75) is 51.2 Å². The molecule has 0 radical (unpaired) electrons. The molecule has 1 heterocycles. The minimum absolute atomic E-state index is 0.0829. The summed E-state index contributed by atoms with van der Waals surface area (Å²) in [6.45, 7) is 2.45. The summed E-state index contributed by atoms with van der Waals surface area (Å²) in [6.07, 6.45) is 0.313. The number of alkyl halides is 3. The Morgan fingerprint density at radius 2 is 1.83 bits per heavy atom. The topological polar surface area (TPSA) is 27.0 Å². The van der Waals surface area contributed by atoms with Crippen molar-refractivity contribution in [1.82, 2.24) is 4.90 Å². The van der Waals surface area contributed by atoms with E-state index in [1.165, 1.54) is 0 Å². The first-order valence-corrected chi connectivity index (χ1v) is 6.52. The van der Waals surface area contributed by atoms with Gasteiger partial charge < -0.3 is 0 Å². The van der Waals surface area contributed by atoms with Gasteiger partial charge in [-0.15, -0.1) is 0 Å². The molecule has 2 fully saturated rings. The van der Waals surface area contributed by atoms with E-state index in [-0.39, 0.29) is 18.5 Å². The van der Waals surface area contributed by atoms with Crippen LogP contribution in [0.4, 0.5) is 13.2 Å². The Kier molecular flexibility index (Phi) is 3.59. The lowest BCUT2D eigenvalue weighted by atomic mass is 9.71. The zero-order chi connectivity index (χ0) is 13.4. The van der Waals surface area contributed by atoms with Crippen LogP contribution in [-0.2, 0) is 0 Å². The fraction of sp³-hybridized carbons (Fsp3) is 0.923. The molecule has 0 atom stereocenters. The predicted molar refractivity (Wildman–Crippen MR) is 61.7 cm³/mol. The van der Waals surface area contributed by atoms with Crippen molar-refractivity contribution in [2.24, 2.45) is 11.3 Å². The van der Waals surface area contributed by atoms with Gasteiger partial charge in [0.2, 0.25) is 0 Å². The van der Waals surface area contributed by atoms with Crippen LogP contribution in [-0.4, -0.2) is 30.2 Å². The van der Waals surface area contributed by atoms with Gasteiger partial charge in [-0.3, -0.25) is 4.90 Å². The number of hydrogen-bond donors (Lipinski definition) is 0. The molecule has 0 unspecified atom stereocenters. The highest BCUT2D eigenvalue weighted by atomic mass is 19.4. The summed E-state index contributed by atoms with van der Waals surface area (Å²) in [7, 11) is 0. The first-order chi connectivity index (χ1) is 8.34. The van der Waals surface area contributed by atoms with E-state index in [9.17, 15) is 13.2 Å². The van der Waals surface area contributed by atoms with Crippen LogP contribution in [0.25, 0.3) is 0 Å². The van der Waals surface area contributed by atoms with Crippen molar-refractivity contribution in [3.05, 3.63) is 0 Å². The smallest absolute Gasteiger partial charge is 0.299 e. The van der Waals surface area contributed by atoms with Gasteiger partial charge in [0.25, 0.3) is 0 Å². The SMILES string of the molecule is C[C@]1(CC#N)CC[C@H](N2CC(C(F)(F)F)C2)CC1. The molecular formula is C13H19F3N2. The maximum Gasteiger partial charge on any atom is 0.394 e. The first kappa shape index (κ1) is 13.7. The molecule has 0 aromatic heterocycles. The molecule has 1 saturated heterocycles. The number of halogens is 3.